The van der Waals surface area contributed by atoms with Crippen molar-refractivity contribution in [2.24, 2.45) is 29.6 Å². The predicted octanol–water partition coefficient (Wildman–Crippen LogP) is 6.99. The van der Waals surface area contributed by atoms with Crippen LogP contribution in [-0.2, 0) is 19.3 Å². The maximum Gasteiger partial charge on any atom is -0.0245 e. The van der Waals surface area contributed by atoms with Crippen molar-refractivity contribution in [1.82, 2.24) is 0 Å². The molecule has 0 saturated heterocycles. The van der Waals surface area contributed by atoms with E-state index in [4.69, 9.17) is 0 Å². The first-order valence-electron chi connectivity index (χ1n) is 11.4. The Morgan fingerprint density at radius 3 is 2.36 bits per heavy atom. The number of hydrogen-bond acceptors (Lipinski definition) is 0. The number of fused-ring (bicyclic) bond motifs is 2. The van der Waals surface area contributed by atoms with E-state index in [1.54, 1.807) is 36.8 Å². The number of hydrogen-bond donors (Lipinski definition) is 0. The van der Waals surface area contributed by atoms with Gasteiger partial charge in [-0.05, 0) is 104 Å². The molecular weight excluding hydrogens is 300 g/mol. The second-order valence-electron chi connectivity index (χ2n) is 9.52. The van der Waals surface area contributed by atoms with E-state index < -0.39 is 0 Å². The van der Waals surface area contributed by atoms with Crippen molar-refractivity contribution in [3.8, 4) is 0 Å². The minimum atomic E-state index is 0.981. The molecule has 3 aliphatic carbocycles. The van der Waals surface area contributed by atoms with Crippen molar-refractivity contribution in [3.05, 3.63) is 34.9 Å². The highest BCUT2D eigenvalue weighted by Gasteiger charge is 2.38. The van der Waals surface area contributed by atoms with Gasteiger partial charge in [-0.15, -0.1) is 0 Å². The summed E-state index contributed by atoms with van der Waals surface area (Å²) in [6, 6.07) is 7.34. The van der Waals surface area contributed by atoms with E-state index in [0.29, 0.717) is 0 Å². The molecule has 3 aliphatic rings. The lowest BCUT2D eigenvalue weighted by Crippen LogP contribution is -2.35. The fourth-order valence-corrected chi connectivity index (χ4v) is 6.58. The molecule has 4 rings (SSSR count). The van der Waals surface area contributed by atoms with E-state index in [0.717, 1.165) is 29.6 Å². The van der Waals surface area contributed by atoms with E-state index in [2.05, 4.69) is 32.0 Å². The molecule has 138 valence electrons. The van der Waals surface area contributed by atoms with Crippen LogP contribution in [0.15, 0.2) is 18.2 Å². The van der Waals surface area contributed by atoms with Gasteiger partial charge in [0.05, 0.1) is 0 Å². The topological polar surface area (TPSA) is 0 Å². The summed E-state index contributed by atoms with van der Waals surface area (Å²) >= 11 is 0. The fraction of sp³-hybridized carbons (Fsp3) is 0.760. The molecule has 5 atom stereocenters. The first-order chi connectivity index (χ1) is 12.3. The van der Waals surface area contributed by atoms with Crippen LogP contribution in [0.4, 0.5) is 0 Å². The summed E-state index contributed by atoms with van der Waals surface area (Å²) in [4.78, 5) is 0. The number of benzene rings is 1. The molecule has 0 aromatic heterocycles. The molecule has 0 nitrogen and oxygen atoms in total. The van der Waals surface area contributed by atoms with Crippen LogP contribution in [0.25, 0.3) is 0 Å². The Bertz CT molecular complexity index is 571. The number of rotatable bonds is 4. The van der Waals surface area contributed by atoms with Crippen LogP contribution in [0.1, 0.15) is 88.3 Å². The van der Waals surface area contributed by atoms with E-state index >= 15 is 0 Å². The van der Waals surface area contributed by atoms with Crippen LogP contribution in [0, 0.1) is 29.6 Å². The molecule has 0 amide bonds. The quantitative estimate of drug-likeness (QED) is 0.555. The Balaban J connectivity index is 1.36. The highest BCUT2D eigenvalue weighted by Crippen LogP contribution is 2.49. The molecule has 25 heavy (non-hydrogen) atoms. The molecule has 2 fully saturated rings. The van der Waals surface area contributed by atoms with Gasteiger partial charge in [0.1, 0.15) is 0 Å². The zero-order chi connectivity index (χ0) is 17.2. The lowest BCUT2D eigenvalue weighted by Gasteiger charge is -2.45. The Labute approximate surface area is 155 Å². The second kappa shape index (κ2) is 7.85. The van der Waals surface area contributed by atoms with E-state index in [1.807, 2.05) is 0 Å². The summed E-state index contributed by atoms with van der Waals surface area (Å²) in [6.45, 7) is 4.65. The van der Waals surface area contributed by atoms with Crippen molar-refractivity contribution >= 4 is 0 Å². The van der Waals surface area contributed by atoms with Gasteiger partial charge in [0.2, 0.25) is 0 Å². The molecule has 0 heteroatoms. The lowest BCUT2D eigenvalue weighted by molar-refractivity contribution is 0.0695. The molecule has 0 heterocycles. The van der Waals surface area contributed by atoms with E-state index in [-0.39, 0.29) is 0 Å². The van der Waals surface area contributed by atoms with Gasteiger partial charge in [0.15, 0.2) is 0 Å². The lowest BCUT2D eigenvalue weighted by atomic mass is 9.61. The Kier molecular flexibility index (Phi) is 5.53. The third kappa shape index (κ3) is 3.83. The van der Waals surface area contributed by atoms with Gasteiger partial charge in [-0.2, -0.15) is 0 Å². The molecule has 2 saturated carbocycles. The normalized spacial score (nSPS) is 35.0. The Hall–Kier alpha value is -0.780. The van der Waals surface area contributed by atoms with Gasteiger partial charge < -0.3 is 0 Å². The first kappa shape index (κ1) is 17.6. The second-order valence-corrected chi connectivity index (χ2v) is 9.52. The third-order valence-electron chi connectivity index (χ3n) is 8.07. The third-order valence-corrected chi connectivity index (χ3v) is 8.07. The van der Waals surface area contributed by atoms with Gasteiger partial charge in [-0.1, -0.05) is 51.3 Å². The zero-order valence-corrected chi connectivity index (χ0v) is 16.6. The molecule has 0 radical (unpaired) electrons. The van der Waals surface area contributed by atoms with Crippen molar-refractivity contribution < 1.29 is 0 Å². The van der Waals surface area contributed by atoms with Gasteiger partial charge in [0, 0.05) is 0 Å². The average Bonchev–Trinajstić information content (AvgIpc) is 2.67. The Morgan fingerprint density at radius 2 is 1.56 bits per heavy atom. The van der Waals surface area contributed by atoms with Crippen LogP contribution < -0.4 is 0 Å². The van der Waals surface area contributed by atoms with Crippen LogP contribution in [0.2, 0.25) is 0 Å². The highest BCUT2D eigenvalue weighted by molar-refractivity contribution is 5.34. The summed E-state index contributed by atoms with van der Waals surface area (Å²) in [7, 11) is 0. The van der Waals surface area contributed by atoms with Gasteiger partial charge in [0.25, 0.3) is 0 Å². The molecule has 1 aromatic rings. The Morgan fingerprint density at radius 1 is 0.800 bits per heavy atom. The van der Waals surface area contributed by atoms with Gasteiger partial charge in [-0.25, -0.2) is 0 Å². The largest absolute Gasteiger partial charge is 0.0654 e. The molecule has 0 aliphatic heterocycles. The predicted molar refractivity (Wildman–Crippen MR) is 108 cm³/mol. The fourth-order valence-electron chi connectivity index (χ4n) is 6.58. The standard InChI is InChI=1S/C25H38/c1-3-5-19-7-9-23-17-25(13-11-21(23)15-19)24-12-10-20-14-18(4-2)6-8-22(20)16-24/h6,8,14,19,21,23-25H,3-5,7,9-13,15-17H2,1-2H3/t19-,21?,23-,24?,25?/m1/s1. The molecule has 3 unspecified atom stereocenters. The van der Waals surface area contributed by atoms with Gasteiger partial charge in [-0.3, -0.25) is 0 Å². The number of aryl methyl sites for hydroxylation is 2. The molecule has 0 spiro atoms. The van der Waals surface area contributed by atoms with Crippen LogP contribution in [0.5, 0.6) is 0 Å². The summed E-state index contributed by atoms with van der Waals surface area (Å²) in [5.74, 6) is 5.25. The smallest absolute Gasteiger partial charge is 0.0245 e. The maximum atomic E-state index is 2.50. The summed E-state index contributed by atoms with van der Waals surface area (Å²) in [5.41, 5.74) is 4.88. The van der Waals surface area contributed by atoms with E-state index in [1.165, 1.54) is 56.9 Å². The van der Waals surface area contributed by atoms with Crippen molar-refractivity contribution in [2.45, 2.75) is 90.9 Å². The molecule has 1 aromatic carbocycles. The minimum absolute atomic E-state index is 0.981. The SMILES string of the molecule is CCC[C@@H]1CC[C@@H]2CC(C3CCc4cc(CC)ccc4C3)CCC2C1. The zero-order valence-electron chi connectivity index (χ0n) is 16.6. The average molecular weight is 339 g/mol. The van der Waals surface area contributed by atoms with Crippen molar-refractivity contribution in [1.29, 1.82) is 0 Å². The first-order valence-corrected chi connectivity index (χ1v) is 11.4. The van der Waals surface area contributed by atoms with E-state index in [9.17, 15) is 0 Å². The van der Waals surface area contributed by atoms with Crippen LogP contribution >= 0.6 is 0 Å². The summed E-state index contributed by atoms with van der Waals surface area (Å²) in [5, 5.41) is 0. The maximum absolute atomic E-state index is 2.50. The monoisotopic (exact) mass is 338 g/mol. The van der Waals surface area contributed by atoms with Crippen LogP contribution in [-0.4, -0.2) is 0 Å². The highest BCUT2D eigenvalue weighted by atomic mass is 14.4. The molecular formula is C25H38. The minimum Gasteiger partial charge on any atom is -0.0654 e. The van der Waals surface area contributed by atoms with Crippen LogP contribution in [0.3, 0.4) is 0 Å². The summed E-state index contributed by atoms with van der Waals surface area (Å²) in [6.07, 6.45) is 17.6. The summed E-state index contributed by atoms with van der Waals surface area (Å²) < 4.78 is 0. The van der Waals surface area contributed by atoms with Gasteiger partial charge >= 0.3 is 0 Å². The molecule has 0 bridgehead atoms. The molecule has 0 N–H and O–H groups in total. The van der Waals surface area contributed by atoms with Crippen molar-refractivity contribution in [3.63, 3.8) is 0 Å². The van der Waals surface area contributed by atoms with Crippen molar-refractivity contribution in [2.75, 3.05) is 0 Å².